The van der Waals surface area contributed by atoms with Crippen molar-refractivity contribution in [3.8, 4) is 0 Å². The van der Waals surface area contributed by atoms with E-state index in [1.165, 1.54) is 13.2 Å². The maximum atomic E-state index is 13.7. The van der Waals surface area contributed by atoms with Crippen molar-refractivity contribution in [3.05, 3.63) is 29.1 Å². The number of carbonyl (C=O) groups is 1. The molecule has 0 radical (unpaired) electrons. The Morgan fingerprint density at radius 1 is 1.39 bits per heavy atom. The van der Waals surface area contributed by atoms with Gasteiger partial charge in [-0.2, -0.15) is 0 Å². The lowest BCUT2D eigenvalue weighted by Gasteiger charge is -2.13. The molecule has 2 rings (SSSR count). The summed E-state index contributed by atoms with van der Waals surface area (Å²) < 4.78 is 18.4. The quantitative estimate of drug-likeness (QED) is 0.781. The Hall–Kier alpha value is -1.58. The Labute approximate surface area is 107 Å². The van der Waals surface area contributed by atoms with Gasteiger partial charge >= 0.3 is 5.97 Å². The zero-order valence-electron chi connectivity index (χ0n) is 11.5. The van der Waals surface area contributed by atoms with Crippen molar-refractivity contribution in [2.24, 2.45) is 0 Å². The van der Waals surface area contributed by atoms with Crippen molar-refractivity contribution < 1.29 is 13.9 Å². The summed E-state index contributed by atoms with van der Waals surface area (Å²) in [7, 11) is 1.34. The molecule has 1 aromatic carbocycles. The van der Waals surface area contributed by atoms with Gasteiger partial charge in [-0.3, -0.25) is 0 Å². The molecule has 1 aromatic rings. The zero-order chi connectivity index (χ0) is 13.9. The fraction of sp³-hybridized carbons (Fsp3) is 0.500. The lowest BCUT2D eigenvalue weighted by atomic mass is 9.95. The van der Waals surface area contributed by atoms with Crippen LogP contribution in [0, 0.1) is 12.7 Å². The minimum absolute atomic E-state index is 0.206. The van der Waals surface area contributed by atoms with E-state index >= 15 is 0 Å². The molecule has 2 unspecified atom stereocenters. The van der Waals surface area contributed by atoms with E-state index in [9.17, 15) is 9.18 Å². The predicted molar refractivity (Wildman–Crippen MR) is 70.3 cm³/mol. The molecule has 0 aromatic heterocycles. The average Bonchev–Trinajstić information content (AvgIpc) is 2.75. The molecule has 0 saturated carbocycles. The van der Waals surface area contributed by atoms with E-state index < -0.39 is 6.04 Å². The van der Waals surface area contributed by atoms with Crippen LogP contribution >= 0.6 is 0 Å². The number of hydrogen-bond acceptors (Lipinski definition) is 3. The Bertz CT molecular complexity index is 446. The Balaban J connectivity index is 0.000000771. The molecule has 18 heavy (non-hydrogen) atoms. The molecule has 0 amide bonds. The molecule has 1 aliphatic heterocycles. The van der Waals surface area contributed by atoms with E-state index in [2.05, 4.69) is 5.32 Å². The third-order valence-electron chi connectivity index (χ3n) is 3.11. The molecule has 0 spiro atoms. The van der Waals surface area contributed by atoms with E-state index in [0.717, 1.165) is 11.3 Å². The largest absolute Gasteiger partial charge is 0.467 e. The second kappa shape index (κ2) is 5.85. The standard InChI is InChI=1S/C12H14FNO2.C2H6/c1-6-4-5-8(13)9-7(2)11(12(15)16-3)14-10(6)9;1-2/h4-5,7,11,14H,1-3H3;1-2H3. The number of anilines is 1. The third-order valence-corrected chi connectivity index (χ3v) is 3.11. The van der Waals surface area contributed by atoms with E-state index in [1.54, 1.807) is 6.07 Å². The summed E-state index contributed by atoms with van der Waals surface area (Å²) in [5.41, 5.74) is 2.24. The molecule has 4 heteroatoms. The normalized spacial score (nSPS) is 20.3. The number of fused-ring (bicyclic) bond motifs is 1. The van der Waals surface area contributed by atoms with Gasteiger partial charge in [0, 0.05) is 17.2 Å². The van der Waals surface area contributed by atoms with Crippen LogP contribution in [0.3, 0.4) is 0 Å². The van der Waals surface area contributed by atoms with Gasteiger partial charge in [0.05, 0.1) is 7.11 Å². The minimum Gasteiger partial charge on any atom is -0.467 e. The number of esters is 1. The van der Waals surface area contributed by atoms with Crippen molar-refractivity contribution in [2.75, 3.05) is 12.4 Å². The second-order valence-electron chi connectivity index (χ2n) is 4.09. The first kappa shape index (κ1) is 14.5. The highest BCUT2D eigenvalue weighted by atomic mass is 19.1. The summed E-state index contributed by atoms with van der Waals surface area (Å²) in [4.78, 5) is 11.5. The highest BCUT2D eigenvalue weighted by Crippen LogP contribution is 2.39. The predicted octanol–water partition coefficient (Wildman–Crippen LogP) is 3.23. The lowest BCUT2D eigenvalue weighted by molar-refractivity contribution is -0.141. The van der Waals surface area contributed by atoms with Gasteiger partial charge in [0.25, 0.3) is 0 Å². The van der Waals surface area contributed by atoms with Crippen molar-refractivity contribution in [1.82, 2.24) is 0 Å². The Morgan fingerprint density at radius 2 is 2.00 bits per heavy atom. The van der Waals surface area contributed by atoms with Gasteiger partial charge in [-0.15, -0.1) is 0 Å². The highest BCUT2D eigenvalue weighted by molar-refractivity contribution is 5.85. The smallest absolute Gasteiger partial charge is 0.328 e. The van der Waals surface area contributed by atoms with Crippen molar-refractivity contribution in [3.63, 3.8) is 0 Å². The van der Waals surface area contributed by atoms with Crippen LogP contribution in [0.4, 0.5) is 10.1 Å². The van der Waals surface area contributed by atoms with Crippen LogP contribution in [0.1, 0.15) is 37.8 Å². The first-order valence-corrected chi connectivity index (χ1v) is 6.19. The number of nitrogens with one attached hydrogen (secondary N) is 1. The fourth-order valence-corrected chi connectivity index (χ4v) is 2.18. The van der Waals surface area contributed by atoms with Crippen LogP contribution in [-0.2, 0) is 9.53 Å². The van der Waals surface area contributed by atoms with Gasteiger partial charge in [0.15, 0.2) is 0 Å². The van der Waals surface area contributed by atoms with Crippen molar-refractivity contribution in [2.45, 2.75) is 39.7 Å². The molecular weight excluding hydrogens is 233 g/mol. The Kier molecular flexibility index (Phi) is 4.70. The van der Waals surface area contributed by atoms with Gasteiger partial charge in [0.1, 0.15) is 11.9 Å². The maximum Gasteiger partial charge on any atom is 0.328 e. The van der Waals surface area contributed by atoms with E-state index in [4.69, 9.17) is 4.74 Å². The highest BCUT2D eigenvalue weighted by Gasteiger charge is 2.37. The number of benzene rings is 1. The Morgan fingerprint density at radius 3 is 2.50 bits per heavy atom. The van der Waals surface area contributed by atoms with Crippen molar-refractivity contribution in [1.29, 1.82) is 0 Å². The SMILES string of the molecule is CC.COC(=O)C1Nc2c(C)ccc(F)c2C1C. The number of rotatable bonds is 1. The molecule has 1 N–H and O–H groups in total. The minimum atomic E-state index is -0.490. The summed E-state index contributed by atoms with van der Waals surface area (Å²) in [5.74, 6) is -0.836. The molecule has 0 bridgehead atoms. The zero-order valence-corrected chi connectivity index (χ0v) is 11.5. The van der Waals surface area contributed by atoms with Crippen LogP contribution in [0.5, 0.6) is 0 Å². The van der Waals surface area contributed by atoms with Gasteiger partial charge in [-0.1, -0.05) is 26.8 Å². The van der Waals surface area contributed by atoms with Crippen LogP contribution in [0.2, 0.25) is 0 Å². The molecule has 1 heterocycles. The molecule has 0 saturated heterocycles. The molecule has 1 aliphatic rings. The number of carbonyl (C=O) groups excluding carboxylic acids is 1. The molecular formula is C14H20FNO2. The third kappa shape index (κ3) is 2.33. The fourth-order valence-electron chi connectivity index (χ4n) is 2.18. The summed E-state index contributed by atoms with van der Waals surface area (Å²) in [6.45, 7) is 7.71. The molecule has 100 valence electrons. The summed E-state index contributed by atoms with van der Waals surface area (Å²) in [6.07, 6.45) is 0. The summed E-state index contributed by atoms with van der Waals surface area (Å²) >= 11 is 0. The van der Waals surface area contributed by atoms with E-state index in [-0.39, 0.29) is 17.7 Å². The van der Waals surface area contributed by atoms with Crippen LogP contribution < -0.4 is 5.32 Å². The monoisotopic (exact) mass is 253 g/mol. The topological polar surface area (TPSA) is 38.3 Å². The van der Waals surface area contributed by atoms with Crippen molar-refractivity contribution >= 4 is 11.7 Å². The van der Waals surface area contributed by atoms with Crippen LogP contribution in [0.25, 0.3) is 0 Å². The molecule has 3 nitrogen and oxygen atoms in total. The molecule has 2 atom stereocenters. The van der Waals surface area contributed by atoms with Gasteiger partial charge < -0.3 is 10.1 Å². The maximum absolute atomic E-state index is 13.7. The van der Waals surface area contributed by atoms with Crippen LogP contribution in [0.15, 0.2) is 12.1 Å². The molecule has 0 aliphatic carbocycles. The second-order valence-corrected chi connectivity index (χ2v) is 4.09. The first-order chi connectivity index (χ1) is 8.56. The van der Waals surface area contributed by atoms with E-state index in [0.29, 0.717) is 5.56 Å². The lowest BCUT2D eigenvalue weighted by Crippen LogP contribution is -2.30. The number of ether oxygens (including phenoxy) is 1. The van der Waals surface area contributed by atoms with Gasteiger partial charge in [-0.25, -0.2) is 9.18 Å². The summed E-state index contributed by atoms with van der Waals surface area (Å²) in [5, 5.41) is 3.03. The van der Waals surface area contributed by atoms with Gasteiger partial charge in [-0.05, 0) is 18.6 Å². The average molecular weight is 253 g/mol. The van der Waals surface area contributed by atoms with Crippen LogP contribution in [-0.4, -0.2) is 19.1 Å². The first-order valence-electron chi connectivity index (χ1n) is 6.19. The summed E-state index contributed by atoms with van der Waals surface area (Å²) in [6, 6.07) is 2.65. The number of hydrogen-bond donors (Lipinski definition) is 1. The number of aryl methyl sites for hydroxylation is 1. The van der Waals surface area contributed by atoms with Gasteiger partial charge in [0.2, 0.25) is 0 Å². The van der Waals surface area contributed by atoms with E-state index in [1.807, 2.05) is 27.7 Å². The molecule has 0 fully saturated rings. The number of halogens is 1. The number of methoxy groups -OCH3 is 1.